The fourth-order valence-electron chi connectivity index (χ4n) is 6.32. The van der Waals surface area contributed by atoms with E-state index in [1.165, 1.54) is 0 Å². The molecule has 258 valence electrons. The molecule has 0 saturated heterocycles. The van der Waals surface area contributed by atoms with Crippen LogP contribution in [0.1, 0.15) is 11.1 Å². The molecular weight excluding hydrogens is 673 g/mol. The second-order valence-electron chi connectivity index (χ2n) is 12.7. The molecule has 0 aliphatic heterocycles. The minimum Gasteiger partial charge on any atom is -0.508 e. The zero-order chi connectivity index (χ0) is 36.4. The van der Waals surface area contributed by atoms with Crippen LogP contribution in [0.25, 0.3) is 67.4 Å². The highest BCUT2D eigenvalue weighted by Crippen LogP contribution is 2.46. The van der Waals surface area contributed by atoms with Gasteiger partial charge in [-0.1, -0.05) is 84.9 Å². The topological polar surface area (TPSA) is 117 Å². The predicted octanol–water partition coefficient (Wildman–Crippen LogP) is 11.5. The summed E-state index contributed by atoms with van der Waals surface area (Å²) in [6.45, 7) is 0. The second-order valence-corrected chi connectivity index (χ2v) is 12.7. The lowest BCUT2D eigenvalue weighted by Crippen LogP contribution is -1.88. The molecule has 0 radical (unpaired) electrons. The zero-order valence-electron chi connectivity index (χ0n) is 28.7. The number of benzene rings is 7. The number of phenolic OH excluding ortho intramolecular Hbond substituents is 2. The van der Waals surface area contributed by atoms with E-state index in [2.05, 4.69) is 9.98 Å². The van der Waals surface area contributed by atoms with Gasteiger partial charge in [-0.15, -0.1) is 0 Å². The van der Waals surface area contributed by atoms with Crippen molar-refractivity contribution in [2.75, 3.05) is 0 Å². The summed E-state index contributed by atoms with van der Waals surface area (Å²) in [5, 5.41) is 20.4. The smallest absolute Gasteiger partial charge is 0.227 e. The van der Waals surface area contributed by atoms with Crippen LogP contribution in [-0.2, 0) is 0 Å². The molecule has 2 heterocycles. The molecule has 0 amide bonds. The van der Waals surface area contributed by atoms with E-state index in [0.29, 0.717) is 45.1 Å². The van der Waals surface area contributed by atoms with E-state index in [9.17, 15) is 10.2 Å². The average molecular weight is 703 g/mol. The van der Waals surface area contributed by atoms with E-state index < -0.39 is 0 Å². The molecule has 0 spiro atoms. The standard InChI is InChI=1S/C46H30N4O4/c51-37-23-19-31(20-24-37)39-41-43(53-45(49-41)33-15-11-29(12-16-33)27-47-35-7-3-1-4-8-35)40(32-21-25-38(52)26-22-32)42-44(39)54-46(50-42)34-17-13-30(14-18-34)28-48-36-9-5-2-6-10-36/h1-28,51-52H. The fraction of sp³-hybridized carbons (Fsp3) is 0. The molecular formula is C46H30N4O4. The molecule has 54 heavy (non-hydrogen) atoms. The quantitative estimate of drug-likeness (QED) is 0.152. The molecule has 0 atom stereocenters. The number of oxazole rings is 2. The number of aromatic nitrogens is 2. The van der Waals surface area contributed by atoms with Crippen molar-refractivity contribution in [3.63, 3.8) is 0 Å². The Morgan fingerprint density at radius 1 is 0.407 bits per heavy atom. The third-order valence-corrected chi connectivity index (χ3v) is 9.05. The van der Waals surface area contributed by atoms with E-state index >= 15 is 0 Å². The second kappa shape index (κ2) is 13.9. The molecule has 8 nitrogen and oxygen atoms in total. The summed E-state index contributed by atoms with van der Waals surface area (Å²) in [5.74, 6) is 1.10. The molecule has 0 bridgehead atoms. The van der Waals surface area contributed by atoms with Crippen LogP contribution in [-0.4, -0.2) is 32.6 Å². The van der Waals surface area contributed by atoms with Crippen molar-refractivity contribution >= 4 is 46.0 Å². The van der Waals surface area contributed by atoms with Gasteiger partial charge in [-0.2, -0.15) is 0 Å². The van der Waals surface area contributed by atoms with Crippen molar-refractivity contribution < 1.29 is 19.0 Å². The fourth-order valence-corrected chi connectivity index (χ4v) is 6.32. The number of aliphatic imine (C=N–C) groups is 2. The van der Waals surface area contributed by atoms with Gasteiger partial charge in [-0.3, -0.25) is 9.98 Å². The maximum absolute atomic E-state index is 10.2. The van der Waals surface area contributed by atoms with Crippen LogP contribution in [0.5, 0.6) is 11.5 Å². The van der Waals surface area contributed by atoms with Crippen molar-refractivity contribution in [3.05, 3.63) is 169 Å². The minimum absolute atomic E-state index is 0.137. The third kappa shape index (κ3) is 6.40. The van der Waals surface area contributed by atoms with Gasteiger partial charge in [0.15, 0.2) is 11.2 Å². The molecule has 0 unspecified atom stereocenters. The van der Waals surface area contributed by atoms with Crippen LogP contribution in [0, 0.1) is 0 Å². The molecule has 2 aromatic heterocycles. The van der Waals surface area contributed by atoms with Crippen molar-refractivity contribution in [3.8, 4) is 56.7 Å². The van der Waals surface area contributed by atoms with Crippen molar-refractivity contribution in [1.82, 2.24) is 9.97 Å². The Balaban J connectivity index is 1.19. The third-order valence-electron chi connectivity index (χ3n) is 9.05. The molecule has 0 fully saturated rings. The average Bonchev–Trinajstić information content (AvgIpc) is 3.86. The Kier molecular flexibility index (Phi) is 8.30. The summed E-state index contributed by atoms with van der Waals surface area (Å²) in [7, 11) is 0. The number of hydrogen-bond acceptors (Lipinski definition) is 8. The highest BCUT2D eigenvalue weighted by molar-refractivity contribution is 6.16. The molecule has 0 saturated carbocycles. The Morgan fingerprint density at radius 2 is 0.759 bits per heavy atom. The van der Waals surface area contributed by atoms with Gasteiger partial charge in [-0.25, -0.2) is 9.97 Å². The van der Waals surface area contributed by atoms with Gasteiger partial charge in [0.1, 0.15) is 22.5 Å². The van der Waals surface area contributed by atoms with Gasteiger partial charge in [0.2, 0.25) is 11.8 Å². The van der Waals surface area contributed by atoms with Gasteiger partial charge in [0.25, 0.3) is 0 Å². The molecule has 8 heteroatoms. The molecule has 9 rings (SSSR count). The van der Waals surface area contributed by atoms with Crippen LogP contribution in [0.2, 0.25) is 0 Å². The zero-order valence-corrected chi connectivity index (χ0v) is 28.7. The number of phenols is 2. The normalized spacial score (nSPS) is 11.7. The largest absolute Gasteiger partial charge is 0.508 e. The van der Waals surface area contributed by atoms with Crippen molar-refractivity contribution in [2.24, 2.45) is 9.98 Å². The van der Waals surface area contributed by atoms with Gasteiger partial charge in [-0.05, 0) is 95.1 Å². The van der Waals surface area contributed by atoms with E-state index in [0.717, 1.165) is 44.8 Å². The number of rotatable bonds is 8. The summed E-state index contributed by atoms with van der Waals surface area (Å²) in [5.41, 5.74) is 10.2. The summed E-state index contributed by atoms with van der Waals surface area (Å²) in [6.07, 6.45) is 3.64. The van der Waals surface area contributed by atoms with Crippen LogP contribution in [0.3, 0.4) is 0 Å². The van der Waals surface area contributed by atoms with E-state index in [4.69, 9.17) is 18.8 Å². The molecule has 7 aromatic carbocycles. The number of nitrogens with zero attached hydrogens (tertiary/aromatic N) is 4. The molecule has 9 aromatic rings. The lowest BCUT2D eigenvalue weighted by atomic mass is 9.96. The van der Waals surface area contributed by atoms with Gasteiger partial charge < -0.3 is 19.0 Å². The molecule has 2 N–H and O–H groups in total. The molecule has 0 aliphatic carbocycles. The van der Waals surface area contributed by atoms with Gasteiger partial charge in [0.05, 0.1) is 22.5 Å². The minimum atomic E-state index is 0.137. The number of hydrogen-bond donors (Lipinski definition) is 2. The predicted molar refractivity (Wildman–Crippen MR) is 214 cm³/mol. The highest BCUT2D eigenvalue weighted by Gasteiger charge is 2.27. The lowest BCUT2D eigenvalue weighted by molar-refractivity contribution is 0.475. The molecule has 0 aliphatic rings. The van der Waals surface area contributed by atoms with Crippen LogP contribution < -0.4 is 0 Å². The number of aromatic hydroxyl groups is 2. The first kappa shape index (κ1) is 32.3. The van der Waals surface area contributed by atoms with E-state index in [1.54, 1.807) is 24.3 Å². The SMILES string of the molecule is Oc1ccc(-c2c3nc(-c4ccc(C=Nc5ccccc5)cc4)oc3c(-c3ccc(O)cc3)c3nc(-c4ccc(C=Nc5ccccc5)cc4)oc23)cc1. The number of fused-ring (bicyclic) bond motifs is 2. The Morgan fingerprint density at radius 3 is 1.13 bits per heavy atom. The summed E-state index contributed by atoms with van der Waals surface area (Å²) < 4.78 is 13.3. The van der Waals surface area contributed by atoms with E-state index in [1.807, 2.05) is 146 Å². The van der Waals surface area contributed by atoms with Crippen molar-refractivity contribution in [2.45, 2.75) is 0 Å². The van der Waals surface area contributed by atoms with Crippen LogP contribution in [0.4, 0.5) is 11.4 Å². The van der Waals surface area contributed by atoms with Gasteiger partial charge in [0, 0.05) is 23.6 Å². The van der Waals surface area contributed by atoms with Gasteiger partial charge >= 0.3 is 0 Å². The Bertz CT molecular complexity index is 2540. The van der Waals surface area contributed by atoms with Crippen LogP contribution >= 0.6 is 0 Å². The maximum Gasteiger partial charge on any atom is 0.227 e. The summed E-state index contributed by atoms with van der Waals surface area (Å²) >= 11 is 0. The Labute approximate surface area is 309 Å². The first-order valence-electron chi connectivity index (χ1n) is 17.3. The monoisotopic (exact) mass is 702 g/mol. The first-order valence-corrected chi connectivity index (χ1v) is 17.3. The van der Waals surface area contributed by atoms with Crippen LogP contribution in [0.15, 0.2) is 177 Å². The lowest BCUT2D eigenvalue weighted by Gasteiger charge is -2.08. The maximum atomic E-state index is 10.2. The van der Waals surface area contributed by atoms with E-state index in [-0.39, 0.29) is 11.5 Å². The summed E-state index contributed by atoms with van der Waals surface area (Å²) in [6, 6.07) is 49.0. The highest BCUT2D eigenvalue weighted by atomic mass is 16.4. The Hall–Kier alpha value is -7.58. The van der Waals surface area contributed by atoms with Crippen molar-refractivity contribution in [1.29, 1.82) is 0 Å². The number of para-hydroxylation sites is 2. The summed E-state index contributed by atoms with van der Waals surface area (Å²) in [4.78, 5) is 19.3. The first-order chi connectivity index (χ1) is 26.6.